The highest BCUT2D eigenvalue weighted by molar-refractivity contribution is 7.91. The van der Waals surface area contributed by atoms with Crippen molar-refractivity contribution in [1.29, 1.82) is 0 Å². The summed E-state index contributed by atoms with van der Waals surface area (Å²) in [5, 5.41) is 13.3. The van der Waals surface area contributed by atoms with Crippen molar-refractivity contribution < 1.29 is 51.0 Å². The summed E-state index contributed by atoms with van der Waals surface area (Å²) in [5.74, 6) is -4.37. The predicted molar refractivity (Wildman–Crippen MR) is 216 cm³/mol. The molecule has 2 aromatic rings. The molecule has 3 unspecified atom stereocenters. The van der Waals surface area contributed by atoms with Crippen molar-refractivity contribution in [3.8, 4) is 11.6 Å². The largest absolute Gasteiger partial charge is 0.497 e. The molecule has 3 fully saturated rings. The van der Waals surface area contributed by atoms with Crippen LogP contribution in [0.2, 0.25) is 0 Å². The van der Waals surface area contributed by atoms with Crippen molar-refractivity contribution in [2.75, 3.05) is 26.1 Å². The molecular formula is C41H56F2N6O9S. The van der Waals surface area contributed by atoms with Gasteiger partial charge in [0.05, 0.1) is 12.4 Å². The van der Waals surface area contributed by atoms with E-state index in [1.165, 1.54) is 7.11 Å². The van der Waals surface area contributed by atoms with Crippen LogP contribution >= 0.6 is 0 Å². The Morgan fingerprint density at radius 1 is 1.14 bits per heavy atom. The highest BCUT2D eigenvalue weighted by Gasteiger charge is 2.71. The van der Waals surface area contributed by atoms with Crippen LogP contribution < -0.4 is 24.4 Å². The topological polar surface area (TPSA) is 188 Å². The summed E-state index contributed by atoms with van der Waals surface area (Å²) < 4.78 is 75.2. The lowest BCUT2D eigenvalue weighted by Gasteiger charge is -2.42. The molecule has 0 spiro atoms. The van der Waals surface area contributed by atoms with Gasteiger partial charge in [0.15, 0.2) is 5.60 Å². The fourth-order valence-corrected chi connectivity index (χ4v) is 9.89. The highest BCUT2D eigenvalue weighted by atomic mass is 32.2. The van der Waals surface area contributed by atoms with E-state index >= 15 is 13.6 Å². The molecule has 59 heavy (non-hydrogen) atoms. The Labute approximate surface area is 343 Å². The van der Waals surface area contributed by atoms with Gasteiger partial charge in [-0.15, -0.1) is 0 Å². The number of rotatable bonds is 10. The quantitative estimate of drug-likeness (QED) is 0.209. The van der Waals surface area contributed by atoms with Crippen molar-refractivity contribution in [2.45, 2.75) is 127 Å². The number of hydrogen-bond acceptors (Lipinski definition) is 10. The molecular weight excluding hydrogens is 791 g/mol. The van der Waals surface area contributed by atoms with Crippen LogP contribution in [0.15, 0.2) is 36.4 Å². The number of nitrogens with one attached hydrogen (secondary N) is 2. The number of methoxy groups -OCH3 is 1. The summed E-state index contributed by atoms with van der Waals surface area (Å²) in [6.07, 6.45) is 3.65. The smallest absolute Gasteiger partial charge is 0.408 e. The van der Waals surface area contributed by atoms with Crippen LogP contribution in [0.4, 0.5) is 19.4 Å². The molecule has 15 nitrogen and oxygen atoms in total. The SMILES string of the molecule is CCC(C)N(C(=O)O)[C@@H]1C(=O)N2[C@@H](C[C@@](C)(Oc3nc(N(C)C)cc4cc(OC)ccc34)C2(F)F)C(=O)NC2(C(=O)NS(=O)(=O)C3CC3)CC2/C=C\CC[C@@H](C)C[C@H]1C. The number of alkyl halides is 2. The number of nitrogens with zero attached hydrogens (tertiary/aromatic N) is 4. The van der Waals surface area contributed by atoms with E-state index in [-0.39, 0.29) is 29.5 Å². The van der Waals surface area contributed by atoms with Crippen LogP contribution in [0, 0.1) is 17.8 Å². The first-order chi connectivity index (χ1) is 27.6. The summed E-state index contributed by atoms with van der Waals surface area (Å²) in [6.45, 7) is 7.95. The average Bonchev–Trinajstić information content (AvgIpc) is 4.09. The van der Waals surface area contributed by atoms with Gasteiger partial charge in [-0.3, -0.25) is 28.9 Å². The van der Waals surface area contributed by atoms with E-state index in [1.54, 1.807) is 70.1 Å². The zero-order valence-electron chi connectivity index (χ0n) is 34.8. The van der Waals surface area contributed by atoms with Crippen LogP contribution in [0.3, 0.4) is 0 Å². The van der Waals surface area contributed by atoms with Gasteiger partial charge in [-0.1, -0.05) is 32.9 Å². The second-order valence-electron chi connectivity index (χ2n) is 17.2. The molecule has 18 heteroatoms. The first-order valence-electron chi connectivity index (χ1n) is 20.2. The molecule has 2 aliphatic carbocycles. The predicted octanol–water partition coefficient (Wildman–Crippen LogP) is 5.28. The molecule has 3 heterocycles. The van der Waals surface area contributed by atoms with Crippen LogP contribution in [0.5, 0.6) is 11.6 Å². The molecule has 2 aliphatic heterocycles. The van der Waals surface area contributed by atoms with E-state index < -0.39 is 92.7 Å². The Hall–Kier alpha value is -4.74. The number of carbonyl (C=O) groups excluding carboxylic acids is 3. The van der Waals surface area contributed by atoms with Gasteiger partial charge in [-0.05, 0) is 100 Å². The number of ether oxygens (including phenoxy) is 2. The monoisotopic (exact) mass is 846 g/mol. The van der Waals surface area contributed by atoms with Crippen LogP contribution in [0.1, 0.15) is 86.0 Å². The molecule has 4 amide bonds. The zero-order chi connectivity index (χ0) is 43.4. The minimum absolute atomic E-state index is 0.0151. The number of carboxylic acid groups (broad SMARTS) is 1. The maximum absolute atomic E-state index is 17.8. The third kappa shape index (κ3) is 8.25. The zero-order valence-corrected chi connectivity index (χ0v) is 35.6. The Kier molecular flexibility index (Phi) is 11.9. The molecule has 0 radical (unpaired) electrons. The lowest BCUT2D eigenvalue weighted by molar-refractivity contribution is -0.219. The van der Waals surface area contributed by atoms with Crippen LogP contribution in [-0.4, -0.2) is 114 Å². The third-order valence-electron chi connectivity index (χ3n) is 12.5. The van der Waals surface area contributed by atoms with Crippen molar-refractivity contribution in [3.63, 3.8) is 0 Å². The maximum Gasteiger partial charge on any atom is 0.408 e. The van der Waals surface area contributed by atoms with E-state index in [9.17, 15) is 27.9 Å². The number of pyridine rings is 1. The molecule has 8 atom stereocenters. The number of sulfonamides is 1. The second kappa shape index (κ2) is 16.0. The Morgan fingerprint density at radius 2 is 1.83 bits per heavy atom. The summed E-state index contributed by atoms with van der Waals surface area (Å²) in [5.41, 5.74) is -4.47. The fourth-order valence-electron chi connectivity index (χ4n) is 8.52. The number of hydrogen-bond donors (Lipinski definition) is 3. The number of fused-ring (bicyclic) bond motifs is 3. The number of amides is 4. The molecule has 1 aromatic heterocycles. The molecule has 2 saturated carbocycles. The number of carbonyl (C=O) groups is 4. The Bertz CT molecular complexity index is 2130. The van der Waals surface area contributed by atoms with Crippen LogP contribution in [0.25, 0.3) is 10.8 Å². The van der Waals surface area contributed by atoms with Crippen molar-refractivity contribution in [2.24, 2.45) is 17.8 Å². The van der Waals surface area contributed by atoms with Gasteiger partial charge in [-0.2, -0.15) is 13.8 Å². The van der Waals surface area contributed by atoms with Gasteiger partial charge >= 0.3 is 12.1 Å². The van der Waals surface area contributed by atoms with E-state index in [0.717, 1.165) is 11.8 Å². The van der Waals surface area contributed by atoms with Gasteiger partial charge < -0.3 is 24.8 Å². The number of anilines is 1. The summed E-state index contributed by atoms with van der Waals surface area (Å²) in [4.78, 5) is 64.0. The number of benzene rings is 1. The van der Waals surface area contributed by atoms with Crippen molar-refractivity contribution >= 4 is 50.4 Å². The highest BCUT2D eigenvalue weighted by Crippen LogP contribution is 2.51. The van der Waals surface area contributed by atoms with Crippen LogP contribution in [-0.2, 0) is 24.4 Å². The summed E-state index contributed by atoms with van der Waals surface area (Å²) >= 11 is 0. The normalized spacial score (nSPS) is 30.7. The van der Waals surface area contributed by atoms with E-state index in [1.807, 2.05) is 13.0 Å². The number of halogens is 2. The van der Waals surface area contributed by atoms with Gasteiger partial charge in [0.2, 0.25) is 21.8 Å². The minimum atomic E-state index is -4.29. The molecule has 1 saturated heterocycles. The van der Waals surface area contributed by atoms with E-state index in [2.05, 4.69) is 15.0 Å². The molecule has 0 bridgehead atoms. The molecule has 3 N–H and O–H groups in total. The lowest BCUT2D eigenvalue weighted by Crippen LogP contribution is -2.64. The summed E-state index contributed by atoms with van der Waals surface area (Å²) in [6, 6.07) is -2.11. The standard InChI is InChI=1S/C41H56F2N6O9S/c1-9-25(4)48(38(53)54)33-24(3)18-23(2)12-10-11-13-27-21-40(27,37(52)46-59(55,56)29-15-16-29)45-34(50)31-22-39(5,41(42,43)49(31)36(33)51)58-35-30-17-14-28(57-8)19-26(30)20-32(44-35)47(6)7/h11,13-14,17,19-20,23-25,27,29,31,33H,9-10,12,15-16,18,21-22H2,1-8H3,(H,45,50)(H,46,52)(H,53,54)/b13-11-/t23-,24-,25?,27?,31+,33+,39-,40?/m1/s1. The molecule has 4 aliphatic rings. The second-order valence-corrected chi connectivity index (χ2v) is 19.2. The maximum atomic E-state index is 17.8. The third-order valence-corrected chi connectivity index (χ3v) is 14.3. The Morgan fingerprint density at radius 3 is 2.44 bits per heavy atom. The van der Waals surface area contributed by atoms with E-state index in [0.29, 0.717) is 54.4 Å². The van der Waals surface area contributed by atoms with Gasteiger partial charge in [0, 0.05) is 37.9 Å². The van der Waals surface area contributed by atoms with Crippen molar-refractivity contribution in [3.05, 3.63) is 36.4 Å². The molecule has 1 aromatic carbocycles. The first kappa shape index (κ1) is 43.8. The van der Waals surface area contributed by atoms with Gasteiger partial charge in [0.25, 0.3) is 11.8 Å². The first-order valence-corrected chi connectivity index (χ1v) is 21.8. The number of allylic oxidation sites excluding steroid dienone is 1. The van der Waals surface area contributed by atoms with Gasteiger partial charge in [0.1, 0.15) is 29.2 Å². The number of aromatic nitrogens is 1. The summed E-state index contributed by atoms with van der Waals surface area (Å²) in [7, 11) is 0.831. The fraction of sp³-hybridized carbons (Fsp3) is 0.634. The lowest BCUT2D eigenvalue weighted by atomic mass is 9.86. The van der Waals surface area contributed by atoms with Crippen molar-refractivity contribution in [1.82, 2.24) is 24.8 Å². The van der Waals surface area contributed by atoms with E-state index in [4.69, 9.17) is 9.47 Å². The van der Waals surface area contributed by atoms with Gasteiger partial charge in [-0.25, -0.2) is 13.2 Å². The minimum Gasteiger partial charge on any atom is -0.497 e. The Balaban J connectivity index is 1.50. The average molecular weight is 847 g/mol. The molecule has 324 valence electrons. The molecule has 6 rings (SSSR count).